The Labute approximate surface area is 201 Å². The number of fused-ring (bicyclic) bond motifs is 1. The van der Waals surface area contributed by atoms with Crippen molar-refractivity contribution in [2.24, 2.45) is 5.92 Å². The molecule has 3 N–H and O–H groups in total. The zero-order chi connectivity index (χ0) is 26.0. The molecule has 0 saturated heterocycles. The first-order valence-corrected chi connectivity index (χ1v) is 11.8. The van der Waals surface area contributed by atoms with Gasteiger partial charge < -0.3 is 24.8 Å². The number of carbonyl (C=O) groups excluding carboxylic acids is 1. The number of hydrogen-bond donors (Lipinski definition) is 3. The van der Waals surface area contributed by atoms with Crippen molar-refractivity contribution in [3.8, 4) is 5.75 Å². The lowest BCUT2D eigenvalue weighted by atomic mass is 9.81. The van der Waals surface area contributed by atoms with Gasteiger partial charge in [0.25, 0.3) is 0 Å². The van der Waals surface area contributed by atoms with Gasteiger partial charge in [0.05, 0.1) is 30.4 Å². The number of esters is 1. The molecule has 1 aromatic carbocycles. The van der Waals surface area contributed by atoms with E-state index in [1.54, 1.807) is 6.08 Å². The number of halogens is 4. The van der Waals surface area contributed by atoms with E-state index < -0.39 is 41.5 Å². The number of aliphatic hydroxyl groups excluding tert-OH is 3. The van der Waals surface area contributed by atoms with Gasteiger partial charge in [0.1, 0.15) is 17.7 Å². The summed E-state index contributed by atoms with van der Waals surface area (Å²) in [6.07, 6.45) is -1.75. The molecule has 10 heteroatoms. The summed E-state index contributed by atoms with van der Waals surface area (Å²) in [4.78, 5) is 11.2. The number of hydrogen-bond acceptors (Lipinski definition) is 6. The molecule has 1 aromatic rings. The van der Waals surface area contributed by atoms with Crippen LogP contribution in [0.25, 0.3) is 0 Å². The summed E-state index contributed by atoms with van der Waals surface area (Å²) in [5, 5.41) is 31.5. The van der Waals surface area contributed by atoms with Gasteiger partial charge in [-0.2, -0.15) is 13.2 Å². The molecular weight excluding hydrogens is 472 g/mol. The predicted molar refractivity (Wildman–Crippen MR) is 118 cm³/mol. The number of unbranched alkanes of at least 4 members (excludes halogenated alkanes) is 3. The van der Waals surface area contributed by atoms with Gasteiger partial charge in [0.2, 0.25) is 0 Å². The monoisotopic (exact) mass is 504 g/mol. The van der Waals surface area contributed by atoms with Gasteiger partial charge in [-0.3, -0.25) is 4.79 Å². The molecule has 0 spiro atoms. The minimum Gasteiger partial charge on any atom is -0.479 e. The fraction of sp³-hybridized carbons (Fsp3) is 0.640. The van der Waals surface area contributed by atoms with Crippen molar-refractivity contribution in [1.82, 2.24) is 0 Å². The standard InChI is InChI=1S/C25H32F4O6/c1-24(23-17(26)11-14(25(27,28)29)12-20(23)35-24)21(32)10-9-16-15(18(30)13-19(16)31)7-5-3-4-6-8-22(33)34-2/h9,11-12,15,18-19,21,30-32H,3-8,10,13H2,1-2H3/b16-9+/t15-,18+,19-,21?,24?/m1/s1. The average Bonchev–Trinajstić information content (AvgIpc) is 3.03. The summed E-state index contributed by atoms with van der Waals surface area (Å²) >= 11 is 0. The lowest BCUT2D eigenvalue weighted by Crippen LogP contribution is -2.49. The van der Waals surface area contributed by atoms with E-state index in [0.717, 1.165) is 19.3 Å². The van der Waals surface area contributed by atoms with Crippen LogP contribution >= 0.6 is 0 Å². The summed E-state index contributed by atoms with van der Waals surface area (Å²) < 4.78 is 63.2. The van der Waals surface area contributed by atoms with E-state index >= 15 is 0 Å². The third kappa shape index (κ3) is 5.98. The fourth-order valence-electron chi connectivity index (χ4n) is 4.98. The first kappa shape index (κ1) is 27.4. The Kier molecular flexibility index (Phi) is 8.49. The van der Waals surface area contributed by atoms with E-state index in [9.17, 15) is 37.7 Å². The number of methoxy groups -OCH3 is 1. The summed E-state index contributed by atoms with van der Waals surface area (Å²) in [7, 11) is 1.34. The van der Waals surface area contributed by atoms with Crippen molar-refractivity contribution in [3.05, 3.63) is 40.7 Å². The van der Waals surface area contributed by atoms with Gasteiger partial charge in [-0.1, -0.05) is 25.3 Å². The second-order valence-electron chi connectivity index (χ2n) is 9.45. The molecule has 3 rings (SSSR count). The van der Waals surface area contributed by atoms with Crippen molar-refractivity contribution in [1.29, 1.82) is 0 Å². The van der Waals surface area contributed by atoms with Crippen LogP contribution in [0, 0.1) is 11.7 Å². The maximum absolute atomic E-state index is 14.5. The molecule has 35 heavy (non-hydrogen) atoms. The van der Waals surface area contributed by atoms with Crippen LogP contribution in [0.5, 0.6) is 5.75 Å². The van der Waals surface area contributed by atoms with Crippen LogP contribution < -0.4 is 4.74 Å². The zero-order valence-electron chi connectivity index (χ0n) is 19.8. The molecule has 0 amide bonds. The third-order valence-electron chi connectivity index (χ3n) is 7.03. The first-order valence-electron chi connectivity index (χ1n) is 11.8. The Hall–Kier alpha value is -2.17. The molecule has 6 nitrogen and oxygen atoms in total. The number of alkyl halides is 3. The number of ether oxygens (including phenoxy) is 2. The van der Waals surface area contributed by atoms with E-state index in [1.165, 1.54) is 14.0 Å². The molecule has 2 aliphatic rings. The molecule has 0 radical (unpaired) electrons. The highest BCUT2D eigenvalue weighted by Gasteiger charge is 2.50. The quantitative estimate of drug-likeness (QED) is 0.189. The highest BCUT2D eigenvalue weighted by molar-refractivity contribution is 5.68. The summed E-state index contributed by atoms with van der Waals surface area (Å²) in [6.45, 7) is 1.40. The fourth-order valence-corrected chi connectivity index (χ4v) is 4.98. The van der Waals surface area contributed by atoms with Crippen molar-refractivity contribution in [2.45, 2.75) is 88.4 Å². The minimum absolute atomic E-state index is 0.0366. The van der Waals surface area contributed by atoms with Crippen molar-refractivity contribution in [3.63, 3.8) is 0 Å². The molecule has 1 fully saturated rings. The Morgan fingerprint density at radius 2 is 1.94 bits per heavy atom. The van der Waals surface area contributed by atoms with Crippen LogP contribution in [0.1, 0.15) is 69.4 Å². The van der Waals surface area contributed by atoms with Gasteiger partial charge in [-0.05, 0) is 43.9 Å². The summed E-state index contributed by atoms with van der Waals surface area (Å²) in [5.41, 5.74) is -2.23. The highest BCUT2D eigenvalue weighted by Crippen LogP contribution is 2.50. The molecule has 0 aromatic heterocycles. The molecule has 5 atom stereocenters. The lowest BCUT2D eigenvalue weighted by Gasteiger charge is -2.44. The number of aliphatic hydroxyl groups is 3. The van der Waals surface area contributed by atoms with Gasteiger partial charge in [0, 0.05) is 18.8 Å². The van der Waals surface area contributed by atoms with Crippen molar-refractivity contribution < 1.29 is 47.1 Å². The smallest absolute Gasteiger partial charge is 0.416 e. The van der Waals surface area contributed by atoms with E-state index in [0.29, 0.717) is 37.0 Å². The van der Waals surface area contributed by atoms with Crippen LogP contribution in [-0.2, 0) is 21.3 Å². The molecule has 1 aliphatic heterocycles. The first-order chi connectivity index (χ1) is 16.4. The molecule has 1 aliphatic carbocycles. The number of benzene rings is 1. The Balaban J connectivity index is 1.61. The van der Waals surface area contributed by atoms with Gasteiger partial charge in [-0.25, -0.2) is 4.39 Å². The van der Waals surface area contributed by atoms with Gasteiger partial charge in [0.15, 0.2) is 5.60 Å². The maximum Gasteiger partial charge on any atom is 0.416 e. The molecule has 1 saturated carbocycles. The maximum atomic E-state index is 14.5. The van der Waals surface area contributed by atoms with Crippen LogP contribution in [0.2, 0.25) is 0 Å². The second kappa shape index (κ2) is 10.8. The topological polar surface area (TPSA) is 96.2 Å². The molecule has 196 valence electrons. The van der Waals surface area contributed by atoms with E-state index in [-0.39, 0.29) is 36.0 Å². The largest absolute Gasteiger partial charge is 0.479 e. The second-order valence-corrected chi connectivity index (χ2v) is 9.45. The lowest BCUT2D eigenvalue weighted by molar-refractivity contribution is -0.141. The van der Waals surface area contributed by atoms with Gasteiger partial charge >= 0.3 is 12.1 Å². The van der Waals surface area contributed by atoms with Gasteiger partial charge in [-0.15, -0.1) is 0 Å². The van der Waals surface area contributed by atoms with Crippen LogP contribution in [0.3, 0.4) is 0 Å². The number of carbonyl (C=O) groups is 1. The van der Waals surface area contributed by atoms with Crippen LogP contribution in [0.4, 0.5) is 17.6 Å². The minimum atomic E-state index is -4.72. The van der Waals surface area contributed by atoms with E-state index in [1.807, 2.05) is 0 Å². The third-order valence-corrected chi connectivity index (χ3v) is 7.03. The van der Waals surface area contributed by atoms with Crippen LogP contribution in [-0.4, -0.2) is 46.7 Å². The normalized spacial score (nSPS) is 27.8. The summed E-state index contributed by atoms with van der Waals surface area (Å²) in [6, 6.07) is 1.10. The van der Waals surface area contributed by atoms with Crippen molar-refractivity contribution in [2.75, 3.05) is 7.11 Å². The predicted octanol–water partition coefficient (Wildman–Crippen LogP) is 4.38. The Morgan fingerprint density at radius 3 is 2.57 bits per heavy atom. The summed E-state index contributed by atoms with van der Waals surface area (Å²) in [5.74, 6) is -1.91. The number of rotatable bonds is 10. The van der Waals surface area contributed by atoms with E-state index in [2.05, 4.69) is 4.74 Å². The van der Waals surface area contributed by atoms with E-state index in [4.69, 9.17) is 4.74 Å². The van der Waals surface area contributed by atoms with Crippen molar-refractivity contribution >= 4 is 5.97 Å². The molecule has 0 bridgehead atoms. The molecular formula is C25H32F4O6. The molecule has 2 unspecified atom stereocenters. The Morgan fingerprint density at radius 1 is 1.26 bits per heavy atom. The highest BCUT2D eigenvalue weighted by atomic mass is 19.4. The Bertz CT molecular complexity index is 929. The average molecular weight is 505 g/mol. The van der Waals surface area contributed by atoms with Crippen LogP contribution in [0.15, 0.2) is 23.8 Å². The zero-order valence-corrected chi connectivity index (χ0v) is 19.8. The molecule has 1 heterocycles. The SMILES string of the molecule is COC(=O)CCCCCC[C@@H]1/C(=C\CC(O)C2(C)Oc3cc(C(F)(F)F)cc(F)c32)[C@H](O)C[C@@H]1O.